The molecular formula is C21H17N3O. The first-order valence-electron chi connectivity index (χ1n) is 8.16. The van der Waals surface area contributed by atoms with Crippen molar-refractivity contribution in [1.82, 2.24) is 14.9 Å². The van der Waals surface area contributed by atoms with Crippen LogP contribution in [0.3, 0.4) is 0 Å². The molecule has 0 atom stereocenters. The highest BCUT2D eigenvalue weighted by Gasteiger charge is 2.16. The van der Waals surface area contributed by atoms with Crippen molar-refractivity contribution in [1.29, 1.82) is 0 Å². The van der Waals surface area contributed by atoms with Gasteiger partial charge in [0.2, 0.25) is 0 Å². The Balaban J connectivity index is 1.72. The third kappa shape index (κ3) is 3.02. The highest BCUT2D eigenvalue weighted by atomic mass is 16.1. The summed E-state index contributed by atoms with van der Waals surface area (Å²) in [4.78, 5) is 16.9. The number of aromatic nitrogens is 2. The molecule has 0 fully saturated rings. The van der Waals surface area contributed by atoms with E-state index in [1.807, 2.05) is 77.4 Å². The summed E-state index contributed by atoms with van der Waals surface area (Å²) in [5, 5.41) is 4.03. The lowest BCUT2D eigenvalue weighted by molar-refractivity contribution is 0.0944. The molecule has 0 aliphatic heterocycles. The summed E-state index contributed by atoms with van der Waals surface area (Å²) in [5.74, 6) is -0.107. The number of benzene rings is 2. The summed E-state index contributed by atoms with van der Waals surface area (Å²) >= 11 is 0. The largest absolute Gasteiger partial charge is 0.347 e. The molecule has 2 aromatic carbocycles. The fourth-order valence-electron chi connectivity index (χ4n) is 2.95. The number of fused-ring (bicyclic) bond motifs is 1. The lowest BCUT2D eigenvalue weighted by atomic mass is 10.2. The Bertz CT molecular complexity index is 1010. The van der Waals surface area contributed by atoms with Crippen molar-refractivity contribution in [2.75, 3.05) is 0 Å². The molecule has 4 heteroatoms. The van der Waals surface area contributed by atoms with Gasteiger partial charge in [0.05, 0.1) is 5.52 Å². The predicted molar refractivity (Wildman–Crippen MR) is 98.7 cm³/mol. The number of amides is 1. The molecule has 0 saturated heterocycles. The zero-order valence-corrected chi connectivity index (χ0v) is 13.6. The van der Waals surface area contributed by atoms with E-state index < -0.39 is 0 Å². The van der Waals surface area contributed by atoms with Crippen LogP contribution in [-0.4, -0.2) is 15.5 Å². The van der Waals surface area contributed by atoms with Crippen molar-refractivity contribution in [3.63, 3.8) is 0 Å². The Morgan fingerprint density at radius 1 is 0.960 bits per heavy atom. The van der Waals surface area contributed by atoms with E-state index in [0.717, 1.165) is 22.2 Å². The first-order chi connectivity index (χ1) is 12.3. The molecular weight excluding hydrogens is 310 g/mol. The number of hydrogen-bond acceptors (Lipinski definition) is 2. The Labute approximate surface area is 145 Å². The second kappa shape index (κ2) is 6.61. The summed E-state index contributed by atoms with van der Waals surface area (Å²) in [7, 11) is 0. The van der Waals surface area contributed by atoms with E-state index >= 15 is 0 Å². The van der Waals surface area contributed by atoms with Gasteiger partial charge in [0.15, 0.2) is 0 Å². The minimum atomic E-state index is -0.107. The normalized spacial score (nSPS) is 10.7. The monoisotopic (exact) mass is 327 g/mol. The van der Waals surface area contributed by atoms with Crippen LogP contribution in [0.15, 0.2) is 85.2 Å². The summed E-state index contributed by atoms with van der Waals surface area (Å²) < 4.78 is 1.99. The SMILES string of the molecule is O=C(NCc1cccnc1)c1cc2ccccc2n1-c1ccccc1. The maximum absolute atomic E-state index is 12.8. The minimum absolute atomic E-state index is 0.107. The fraction of sp³-hybridized carbons (Fsp3) is 0.0476. The van der Waals surface area contributed by atoms with Crippen molar-refractivity contribution in [3.8, 4) is 5.69 Å². The average molecular weight is 327 g/mol. The van der Waals surface area contributed by atoms with Gasteiger partial charge in [0.1, 0.15) is 5.69 Å². The number of rotatable bonds is 4. The number of nitrogens with zero attached hydrogens (tertiary/aromatic N) is 2. The lowest BCUT2D eigenvalue weighted by Gasteiger charge is -2.11. The summed E-state index contributed by atoms with van der Waals surface area (Å²) in [6.07, 6.45) is 3.48. The van der Waals surface area contributed by atoms with Gasteiger partial charge in [-0.15, -0.1) is 0 Å². The third-order valence-electron chi connectivity index (χ3n) is 4.13. The maximum atomic E-state index is 12.8. The highest BCUT2D eigenvalue weighted by Crippen LogP contribution is 2.24. The molecule has 0 radical (unpaired) electrons. The lowest BCUT2D eigenvalue weighted by Crippen LogP contribution is -2.25. The topological polar surface area (TPSA) is 46.9 Å². The Kier molecular flexibility index (Phi) is 4.01. The van der Waals surface area contributed by atoms with Gasteiger partial charge in [0.25, 0.3) is 5.91 Å². The van der Waals surface area contributed by atoms with Crippen molar-refractivity contribution in [2.45, 2.75) is 6.54 Å². The van der Waals surface area contributed by atoms with Crippen LogP contribution < -0.4 is 5.32 Å². The first kappa shape index (κ1) is 15.1. The molecule has 2 aromatic heterocycles. The molecule has 4 rings (SSSR count). The van der Waals surface area contributed by atoms with Crippen LogP contribution in [0.2, 0.25) is 0 Å². The molecule has 0 aliphatic carbocycles. The molecule has 1 amide bonds. The summed E-state index contributed by atoms with van der Waals surface area (Å²) in [6, 6.07) is 23.7. The van der Waals surface area contributed by atoms with Gasteiger partial charge in [-0.1, -0.05) is 42.5 Å². The van der Waals surface area contributed by atoms with E-state index in [2.05, 4.69) is 10.3 Å². The van der Waals surface area contributed by atoms with Crippen LogP contribution in [0.5, 0.6) is 0 Å². The smallest absolute Gasteiger partial charge is 0.268 e. The summed E-state index contributed by atoms with van der Waals surface area (Å²) in [5.41, 5.74) is 3.57. The van der Waals surface area contributed by atoms with E-state index in [1.54, 1.807) is 12.4 Å². The maximum Gasteiger partial charge on any atom is 0.268 e. The zero-order valence-electron chi connectivity index (χ0n) is 13.6. The molecule has 2 heterocycles. The van der Waals surface area contributed by atoms with Crippen molar-refractivity contribution < 1.29 is 4.79 Å². The zero-order chi connectivity index (χ0) is 17.1. The second-order valence-electron chi connectivity index (χ2n) is 5.80. The van der Waals surface area contributed by atoms with Gasteiger partial charge in [-0.05, 0) is 35.9 Å². The van der Waals surface area contributed by atoms with E-state index in [1.165, 1.54) is 0 Å². The molecule has 1 N–H and O–H groups in total. The number of carbonyl (C=O) groups is 1. The van der Waals surface area contributed by atoms with E-state index in [9.17, 15) is 4.79 Å². The van der Waals surface area contributed by atoms with Crippen molar-refractivity contribution >= 4 is 16.8 Å². The van der Waals surface area contributed by atoms with Crippen LogP contribution in [0, 0.1) is 0 Å². The van der Waals surface area contributed by atoms with Gasteiger partial charge < -0.3 is 9.88 Å². The third-order valence-corrected chi connectivity index (χ3v) is 4.13. The number of carbonyl (C=O) groups excluding carboxylic acids is 1. The molecule has 4 aromatic rings. The Morgan fingerprint density at radius 3 is 2.56 bits per heavy atom. The molecule has 0 saturated carbocycles. The molecule has 0 aliphatic rings. The molecule has 122 valence electrons. The van der Waals surface area contributed by atoms with Crippen molar-refractivity contribution in [2.24, 2.45) is 0 Å². The van der Waals surface area contributed by atoms with Crippen LogP contribution >= 0.6 is 0 Å². The quantitative estimate of drug-likeness (QED) is 0.617. The number of nitrogens with one attached hydrogen (secondary N) is 1. The van der Waals surface area contributed by atoms with Crippen LogP contribution in [0.4, 0.5) is 0 Å². The van der Waals surface area contributed by atoms with Gasteiger partial charge >= 0.3 is 0 Å². The van der Waals surface area contributed by atoms with Crippen LogP contribution in [-0.2, 0) is 6.54 Å². The Morgan fingerprint density at radius 2 is 1.76 bits per heavy atom. The standard InChI is InChI=1S/C21H17N3O/c25-21(23-15-16-7-6-12-22-14-16)20-13-17-8-4-5-11-19(17)24(20)18-9-2-1-3-10-18/h1-14H,15H2,(H,23,25). The van der Waals surface area contributed by atoms with Gasteiger partial charge in [-0.25, -0.2) is 0 Å². The molecule has 0 spiro atoms. The number of pyridine rings is 1. The molecule has 0 bridgehead atoms. The molecule has 4 nitrogen and oxygen atoms in total. The second-order valence-corrected chi connectivity index (χ2v) is 5.80. The van der Waals surface area contributed by atoms with Crippen molar-refractivity contribution in [3.05, 3.63) is 96.4 Å². The fourth-order valence-corrected chi connectivity index (χ4v) is 2.95. The van der Waals surface area contributed by atoms with Gasteiger partial charge in [0, 0.05) is 30.0 Å². The predicted octanol–water partition coefficient (Wildman–Crippen LogP) is 3.96. The summed E-state index contributed by atoms with van der Waals surface area (Å²) in [6.45, 7) is 0.447. The van der Waals surface area contributed by atoms with Gasteiger partial charge in [-0.2, -0.15) is 0 Å². The van der Waals surface area contributed by atoms with E-state index in [-0.39, 0.29) is 5.91 Å². The number of para-hydroxylation sites is 2. The van der Waals surface area contributed by atoms with Crippen LogP contribution in [0.1, 0.15) is 16.1 Å². The van der Waals surface area contributed by atoms with E-state index in [4.69, 9.17) is 0 Å². The van der Waals surface area contributed by atoms with Gasteiger partial charge in [-0.3, -0.25) is 9.78 Å². The molecule has 0 unspecified atom stereocenters. The first-order valence-corrected chi connectivity index (χ1v) is 8.16. The molecule has 25 heavy (non-hydrogen) atoms. The average Bonchev–Trinajstić information content (AvgIpc) is 3.07. The van der Waals surface area contributed by atoms with Crippen LogP contribution in [0.25, 0.3) is 16.6 Å². The minimum Gasteiger partial charge on any atom is -0.347 e. The van der Waals surface area contributed by atoms with E-state index in [0.29, 0.717) is 12.2 Å². The highest BCUT2D eigenvalue weighted by molar-refractivity contribution is 5.99. The Hall–Kier alpha value is -3.40. The number of hydrogen-bond donors (Lipinski definition) is 1.